The first-order chi connectivity index (χ1) is 13.0. The number of amidine groups is 1. The van der Waals surface area contributed by atoms with E-state index in [1.165, 1.54) is 5.56 Å². The van der Waals surface area contributed by atoms with Crippen molar-refractivity contribution in [2.75, 3.05) is 17.8 Å². The highest BCUT2D eigenvalue weighted by Crippen LogP contribution is 2.36. The summed E-state index contributed by atoms with van der Waals surface area (Å²) >= 11 is 1.74. The van der Waals surface area contributed by atoms with Crippen molar-refractivity contribution < 1.29 is 4.74 Å². The van der Waals surface area contributed by atoms with Crippen molar-refractivity contribution in [3.8, 4) is 5.75 Å². The average molecular weight is 379 g/mol. The molecule has 140 valence electrons. The van der Waals surface area contributed by atoms with Crippen LogP contribution >= 0.6 is 11.8 Å². The number of hydrogen-bond donors (Lipinski definition) is 0. The summed E-state index contributed by atoms with van der Waals surface area (Å²) in [6.07, 6.45) is 6.53. The van der Waals surface area contributed by atoms with Gasteiger partial charge in [0.2, 0.25) is 0 Å². The van der Waals surface area contributed by atoms with Crippen LogP contribution in [0.4, 0.5) is 5.69 Å². The Morgan fingerprint density at radius 1 is 1.07 bits per heavy atom. The maximum absolute atomic E-state index is 5.58. The lowest BCUT2D eigenvalue weighted by atomic mass is 10.0. The number of thioether (sulfide) groups is 1. The van der Waals surface area contributed by atoms with Crippen molar-refractivity contribution in [2.45, 2.75) is 26.3 Å². The van der Waals surface area contributed by atoms with E-state index in [1.54, 1.807) is 18.9 Å². The van der Waals surface area contributed by atoms with Gasteiger partial charge in [0.15, 0.2) is 5.17 Å². The predicted octanol–water partition coefficient (Wildman–Crippen LogP) is 6.00. The van der Waals surface area contributed by atoms with Gasteiger partial charge in [-0.1, -0.05) is 66.4 Å². The van der Waals surface area contributed by atoms with E-state index in [0.29, 0.717) is 0 Å². The molecular weight excluding hydrogens is 352 g/mol. The Balaban J connectivity index is 1.83. The summed E-state index contributed by atoms with van der Waals surface area (Å²) < 4.78 is 5.58. The van der Waals surface area contributed by atoms with Gasteiger partial charge in [-0.3, -0.25) is 9.89 Å². The van der Waals surface area contributed by atoms with Crippen LogP contribution in [0.3, 0.4) is 0 Å². The third kappa shape index (κ3) is 4.83. The Morgan fingerprint density at radius 3 is 2.52 bits per heavy atom. The number of aliphatic imine (C=N–C) groups is 1. The molecule has 0 bridgehead atoms. The molecule has 0 saturated carbocycles. The number of rotatable bonds is 5. The maximum atomic E-state index is 5.58. The fourth-order valence-corrected chi connectivity index (χ4v) is 4.14. The molecule has 3 nitrogen and oxygen atoms in total. The standard InChI is InChI=1S/C23H26N2OS/c1-18-17-23(2,3)24-22(25(18)20-14-8-9-15-21(20)26-4)27-16-10-13-19-11-6-5-7-12-19/h5-15,17H,16H2,1-4H3. The van der Waals surface area contributed by atoms with Crippen LogP contribution in [0.2, 0.25) is 0 Å². The Bertz CT molecular complexity index is 869. The van der Waals surface area contributed by atoms with Crippen LogP contribution in [0.25, 0.3) is 6.08 Å². The second-order valence-electron chi connectivity index (χ2n) is 6.97. The molecular formula is C23H26N2OS. The van der Waals surface area contributed by atoms with Crippen molar-refractivity contribution in [1.82, 2.24) is 0 Å². The predicted molar refractivity (Wildman–Crippen MR) is 119 cm³/mol. The number of anilines is 1. The van der Waals surface area contributed by atoms with Crippen LogP contribution in [0, 0.1) is 0 Å². The molecule has 0 aliphatic carbocycles. The van der Waals surface area contributed by atoms with Gasteiger partial charge in [0.05, 0.1) is 18.3 Å². The second-order valence-corrected chi connectivity index (χ2v) is 7.95. The largest absolute Gasteiger partial charge is 0.495 e. The van der Waals surface area contributed by atoms with Gasteiger partial charge in [0, 0.05) is 11.4 Å². The summed E-state index contributed by atoms with van der Waals surface area (Å²) in [4.78, 5) is 7.17. The molecule has 0 fully saturated rings. The normalized spacial score (nSPS) is 16.2. The Kier molecular flexibility index (Phi) is 6.07. The number of ether oxygens (including phenoxy) is 1. The summed E-state index contributed by atoms with van der Waals surface area (Å²) in [5, 5.41) is 0.988. The van der Waals surface area contributed by atoms with E-state index in [0.717, 1.165) is 28.1 Å². The topological polar surface area (TPSA) is 24.8 Å². The summed E-state index contributed by atoms with van der Waals surface area (Å²) in [5.74, 6) is 1.70. The summed E-state index contributed by atoms with van der Waals surface area (Å²) in [6, 6.07) is 18.4. The van der Waals surface area contributed by atoms with Gasteiger partial charge in [-0.15, -0.1) is 0 Å². The summed E-state index contributed by atoms with van der Waals surface area (Å²) in [7, 11) is 1.71. The fraction of sp³-hybridized carbons (Fsp3) is 0.261. The Hall–Kier alpha value is -2.46. The molecule has 0 atom stereocenters. The molecule has 1 aliphatic rings. The van der Waals surface area contributed by atoms with E-state index >= 15 is 0 Å². The Labute approximate surface area is 166 Å². The zero-order valence-electron chi connectivity index (χ0n) is 16.3. The zero-order valence-corrected chi connectivity index (χ0v) is 17.2. The molecule has 0 radical (unpaired) electrons. The molecule has 0 saturated heterocycles. The molecule has 4 heteroatoms. The lowest BCUT2D eigenvalue weighted by Gasteiger charge is -2.35. The first-order valence-corrected chi connectivity index (χ1v) is 10.1. The van der Waals surface area contributed by atoms with E-state index in [-0.39, 0.29) is 5.54 Å². The highest BCUT2D eigenvalue weighted by Gasteiger charge is 2.28. The number of allylic oxidation sites excluding steroid dienone is 1. The SMILES string of the molecule is COc1ccccc1N1C(C)=CC(C)(C)N=C1SCC=Cc1ccccc1. The third-order valence-electron chi connectivity index (χ3n) is 4.23. The van der Waals surface area contributed by atoms with Gasteiger partial charge in [-0.25, -0.2) is 0 Å². The van der Waals surface area contributed by atoms with Crippen molar-refractivity contribution in [1.29, 1.82) is 0 Å². The van der Waals surface area contributed by atoms with E-state index < -0.39 is 0 Å². The molecule has 1 aliphatic heterocycles. The number of nitrogens with zero attached hydrogens (tertiary/aromatic N) is 2. The highest BCUT2D eigenvalue weighted by atomic mass is 32.2. The van der Waals surface area contributed by atoms with E-state index in [4.69, 9.17) is 9.73 Å². The fourth-order valence-electron chi connectivity index (χ4n) is 3.13. The molecule has 3 rings (SSSR count). The molecule has 1 heterocycles. The minimum Gasteiger partial charge on any atom is -0.495 e. The summed E-state index contributed by atoms with van der Waals surface area (Å²) in [5.41, 5.74) is 3.17. The van der Waals surface area contributed by atoms with Crippen LogP contribution in [0.15, 0.2) is 77.4 Å². The molecule has 0 spiro atoms. The van der Waals surface area contributed by atoms with E-state index in [9.17, 15) is 0 Å². The number of para-hydroxylation sites is 2. The van der Waals surface area contributed by atoms with Crippen LogP contribution < -0.4 is 9.64 Å². The smallest absolute Gasteiger partial charge is 0.169 e. The van der Waals surface area contributed by atoms with Crippen LogP contribution in [-0.4, -0.2) is 23.6 Å². The molecule has 0 aromatic heterocycles. The van der Waals surface area contributed by atoms with Crippen molar-refractivity contribution in [3.05, 3.63) is 78.0 Å². The van der Waals surface area contributed by atoms with Gasteiger partial charge >= 0.3 is 0 Å². The monoisotopic (exact) mass is 378 g/mol. The first kappa shape index (κ1) is 19.3. The number of hydrogen-bond acceptors (Lipinski definition) is 4. The minimum atomic E-state index is -0.214. The van der Waals surface area contributed by atoms with Crippen molar-refractivity contribution >= 4 is 28.7 Å². The van der Waals surface area contributed by atoms with E-state index in [1.807, 2.05) is 24.3 Å². The Morgan fingerprint density at radius 2 is 1.78 bits per heavy atom. The van der Waals surface area contributed by atoms with Gasteiger partial charge in [-0.05, 0) is 44.5 Å². The number of benzene rings is 2. The molecule has 2 aromatic rings. The zero-order chi connectivity index (χ0) is 19.3. The minimum absolute atomic E-state index is 0.214. The highest BCUT2D eigenvalue weighted by molar-refractivity contribution is 8.14. The lowest BCUT2D eigenvalue weighted by molar-refractivity contribution is 0.416. The second kappa shape index (κ2) is 8.49. The van der Waals surface area contributed by atoms with Crippen molar-refractivity contribution in [2.24, 2.45) is 4.99 Å². The van der Waals surface area contributed by atoms with Gasteiger partial charge < -0.3 is 4.74 Å². The van der Waals surface area contributed by atoms with Crippen LogP contribution in [0.1, 0.15) is 26.3 Å². The van der Waals surface area contributed by atoms with Gasteiger partial charge in [-0.2, -0.15) is 0 Å². The first-order valence-electron chi connectivity index (χ1n) is 9.07. The molecule has 2 aromatic carbocycles. The quantitative estimate of drug-likeness (QED) is 0.638. The van der Waals surface area contributed by atoms with E-state index in [2.05, 4.69) is 74.2 Å². The molecule has 27 heavy (non-hydrogen) atoms. The third-order valence-corrected chi connectivity index (χ3v) is 5.13. The van der Waals surface area contributed by atoms with Crippen LogP contribution in [0.5, 0.6) is 5.75 Å². The van der Waals surface area contributed by atoms with Gasteiger partial charge in [0.25, 0.3) is 0 Å². The maximum Gasteiger partial charge on any atom is 0.169 e. The summed E-state index contributed by atoms with van der Waals surface area (Å²) in [6.45, 7) is 6.40. The van der Waals surface area contributed by atoms with Gasteiger partial charge in [0.1, 0.15) is 5.75 Å². The lowest BCUT2D eigenvalue weighted by Crippen LogP contribution is -2.36. The molecule has 0 N–H and O–H groups in total. The van der Waals surface area contributed by atoms with Crippen LogP contribution in [-0.2, 0) is 0 Å². The number of methoxy groups -OCH3 is 1. The molecule has 0 amide bonds. The molecule has 0 unspecified atom stereocenters. The van der Waals surface area contributed by atoms with Crippen molar-refractivity contribution in [3.63, 3.8) is 0 Å². The average Bonchev–Trinajstić information content (AvgIpc) is 2.65.